The number of rotatable bonds is 4. The van der Waals surface area contributed by atoms with Crippen LogP contribution in [0.4, 0.5) is 4.39 Å². The molecule has 0 fully saturated rings. The molecule has 2 aromatic rings. The largest absolute Gasteiger partial charge is 0.444 e. The van der Waals surface area contributed by atoms with Gasteiger partial charge in [-0.25, -0.2) is 4.39 Å². The van der Waals surface area contributed by atoms with E-state index in [9.17, 15) is 9.18 Å². The summed E-state index contributed by atoms with van der Waals surface area (Å²) in [6.45, 7) is 2.42. The lowest BCUT2D eigenvalue weighted by molar-refractivity contribution is 0.0922. The van der Waals surface area contributed by atoms with Gasteiger partial charge in [-0.05, 0) is 51.7 Å². The molecule has 1 unspecified atom stereocenters. The van der Waals surface area contributed by atoms with Crippen molar-refractivity contribution in [1.29, 1.82) is 0 Å². The minimum Gasteiger partial charge on any atom is -0.444 e. The first kappa shape index (κ1) is 13.8. The van der Waals surface area contributed by atoms with Gasteiger partial charge in [0.2, 0.25) is 0 Å². The number of amides is 1. The lowest BCUT2D eigenvalue weighted by atomic mass is 10.0. The summed E-state index contributed by atoms with van der Waals surface area (Å²) in [6, 6.07) is 9.53. The van der Waals surface area contributed by atoms with Crippen molar-refractivity contribution >= 4 is 21.8 Å². The topological polar surface area (TPSA) is 42.2 Å². The second-order valence-electron chi connectivity index (χ2n) is 4.27. The van der Waals surface area contributed by atoms with E-state index >= 15 is 0 Å². The molecule has 0 bridgehead atoms. The first-order valence-electron chi connectivity index (χ1n) is 5.85. The van der Waals surface area contributed by atoms with E-state index in [2.05, 4.69) is 21.2 Å². The van der Waals surface area contributed by atoms with E-state index in [4.69, 9.17) is 4.42 Å². The van der Waals surface area contributed by atoms with E-state index in [0.29, 0.717) is 11.2 Å². The molecule has 5 heteroatoms. The number of halogens is 2. The Balaban J connectivity index is 1.91. The molecule has 0 aliphatic rings. The molecule has 100 valence electrons. The second-order valence-corrected chi connectivity index (χ2v) is 5.05. The highest BCUT2D eigenvalue weighted by atomic mass is 79.9. The first-order valence-corrected chi connectivity index (χ1v) is 6.64. The standard InChI is InChI=1S/C14H13BrFNO2/c1-9(10-2-4-11(16)5-3-10)8-17-14(18)12-6-7-13(15)19-12/h2-7,9H,8H2,1H3,(H,17,18). The number of hydrogen-bond acceptors (Lipinski definition) is 2. The van der Waals surface area contributed by atoms with Crippen LogP contribution in [0.1, 0.15) is 29.0 Å². The Kier molecular flexibility index (Phi) is 4.37. The first-order chi connectivity index (χ1) is 9.06. The van der Waals surface area contributed by atoms with E-state index in [0.717, 1.165) is 5.56 Å². The van der Waals surface area contributed by atoms with Crippen LogP contribution in [0.15, 0.2) is 45.5 Å². The number of carbonyl (C=O) groups is 1. The van der Waals surface area contributed by atoms with Crippen molar-refractivity contribution in [3.05, 3.63) is 58.2 Å². The van der Waals surface area contributed by atoms with Crippen molar-refractivity contribution in [2.24, 2.45) is 0 Å². The van der Waals surface area contributed by atoms with Crippen LogP contribution in [0.25, 0.3) is 0 Å². The van der Waals surface area contributed by atoms with Crippen molar-refractivity contribution in [1.82, 2.24) is 5.32 Å². The lowest BCUT2D eigenvalue weighted by Gasteiger charge is -2.12. The maximum Gasteiger partial charge on any atom is 0.287 e. The number of benzene rings is 1. The monoisotopic (exact) mass is 325 g/mol. The summed E-state index contributed by atoms with van der Waals surface area (Å²) in [5.74, 6) is -0.166. The average molecular weight is 326 g/mol. The average Bonchev–Trinajstić information content (AvgIpc) is 2.83. The Morgan fingerprint density at radius 1 is 1.32 bits per heavy atom. The molecule has 0 aliphatic heterocycles. The predicted molar refractivity (Wildman–Crippen MR) is 73.6 cm³/mol. The summed E-state index contributed by atoms with van der Waals surface area (Å²) in [5.41, 5.74) is 0.974. The van der Waals surface area contributed by atoms with Gasteiger partial charge in [0, 0.05) is 6.54 Å². The zero-order valence-electron chi connectivity index (χ0n) is 10.3. The third kappa shape index (κ3) is 3.67. The van der Waals surface area contributed by atoms with Gasteiger partial charge in [0.05, 0.1) is 0 Å². The Labute approximate surface area is 118 Å². The van der Waals surface area contributed by atoms with Crippen LogP contribution >= 0.6 is 15.9 Å². The molecule has 0 saturated carbocycles. The summed E-state index contributed by atoms with van der Waals surface area (Å²) >= 11 is 3.14. The third-order valence-corrected chi connectivity index (χ3v) is 3.23. The maximum atomic E-state index is 12.8. The number of nitrogens with one attached hydrogen (secondary N) is 1. The zero-order chi connectivity index (χ0) is 13.8. The van der Waals surface area contributed by atoms with Gasteiger partial charge in [-0.2, -0.15) is 0 Å². The van der Waals surface area contributed by atoms with Crippen molar-refractivity contribution < 1.29 is 13.6 Å². The normalized spacial score (nSPS) is 12.2. The molecule has 0 aliphatic carbocycles. The van der Waals surface area contributed by atoms with Crippen LogP contribution in [-0.2, 0) is 0 Å². The Hall–Kier alpha value is -1.62. The molecule has 1 atom stereocenters. The van der Waals surface area contributed by atoms with Crippen LogP contribution in [0.2, 0.25) is 0 Å². The molecule has 2 rings (SSSR count). The van der Waals surface area contributed by atoms with Gasteiger partial charge < -0.3 is 9.73 Å². The van der Waals surface area contributed by atoms with Gasteiger partial charge in [-0.3, -0.25) is 4.79 Å². The van der Waals surface area contributed by atoms with Gasteiger partial charge in [0.25, 0.3) is 5.91 Å². The van der Waals surface area contributed by atoms with Crippen molar-refractivity contribution in [2.75, 3.05) is 6.54 Å². The van der Waals surface area contributed by atoms with Crippen LogP contribution in [0.3, 0.4) is 0 Å². The van der Waals surface area contributed by atoms with Crippen molar-refractivity contribution in [3.8, 4) is 0 Å². The number of hydrogen-bond donors (Lipinski definition) is 1. The molecule has 1 heterocycles. The third-order valence-electron chi connectivity index (χ3n) is 2.80. The van der Waals surface area contributed by atoms with E-state index in [1.807, 2.05) is 6.92 Å². The molecule has 1 N–H and O–H groups in total. The SMILES string of the molecule is CC(CNC(=O)c1ccc(Br)o1)c1ccc(F)cc1. The quantitative estimate of drug-likeness (QED) is 0.930. The van der Waals surface area contributed by atoms with Gasteiger partial charge in [0.1, 0.15) is 5.82 Å². The fourth-order valence-electron chi connectivity index (χ4n) is 1.68. The fraction of sp³-hybridized carbons (Fsp3) is 0.214. The van der Waals surface area contributed by atoms with Crippen molar-refractivity contribution in [2.45, 2.75) is 12.8 Å². The van der Waals surface area contributed by atoms with Gasteiger partial charge in [-0.15, -0.1) is 0 Å². The molecular weight excluding hydrogens is 313 g/mol. The molecule has 1 amide bonds. The fourth-order valence-corrected chi connectivity index (χ4v) is 1.98. The van der Waals surface area contributed by atoms with Gasteiger partial charge in [0.15, 0.2) is 10.4 Å². The molecule has 1 aromatic heterocycles. The maximum absolute atomic E-state index is 12.8. The lowest BCUT2D eigenvalue weighted by Crippen LogP contribution is -2.27. The zero-order valence-corrected chi connectivity index (χ0v) is 11.9. The molecule has 19 heavy (non-hydrogen) atoms. The molecule has 3 nitrogen and oxygen atoms in total. The van der Waals surface area contributed by atoms with E-state index in [1.165, 1.54) is 12.1 Å². The molecule has 1 aromatic carbocycles. The predicted octanol–water partition coefficient (Wildman–Crippen LogP) is 3.71. The minimum absolute atomic E-state index is 0.1000. The van der Waals surface area contributed by atoms with E-state index < -0.39 is 0 Å². The van der Waals surface area contributed by atoms with Crippen LogP contribution in [-0.4, -0.2) is 12.5 Å². The second kappa shape index (κ2) is 6.02. The summed E-state index contributed by atoms with van der Waals surface area (Å²) in [6.07, 6.45) is 0. The minimum atomic E-state index is -0.264. The van der Waals surface area contributed by atoms with Crippen molar-refractivity contribution in [3.63, 3.8) is 0 Å². The van der Waals surface area contributed by atoms with Gasteiger partial charge in [-0.1, -0.05) is 19.1 Å². The van der Waals surface area contributed by atoms with Crippen LogP contribution < -0.4 is 5.32 Å². The van der Waals surface area contributed by atoms with Gasteiger partial charge >= 0.3 is 0 Å². The smallest absolute Gasteiger partial charge is 0.287 e. The Bertz CT molecular complexity index is 565. The Morgan fingerprint density at radius 3 is 2.58 bits per heavy atom. The molecule has 0 saturated heterocycles. The highest BCUT2D eigenvalue weighted by Crippen LogP contribution is 2.16. The number of carbonyl (C=O) groups excluding carboxylic acids is 1. The summed E-state index contributed by atoms with van der Waals surface area (Å²) in [4.78, 5) is 11.8. The van der Waals surface area contributed by atoms with Crippen LogP contribution in [0, 0.1) is 5.82 Å². The van der Waals surface area contributed by atoms with Crippen LogP contribution in [0.5, 0.6) is 0 Å². The number of furan rings is 1. The molecular formula is C14H13BrFNO2. The Morgan fingerprint density at radius 2 is 2.00 bits per heavy atom. The summed E-state index contributed by atoms with van der Waals surface area (Å²) in [7, 11) is 0. The summed E-state index contributed by atoms with van der Waals surface area (Å²) < 4.78 is 18.5. The molecule has 0 radical (unpaired) electrons. The highest BCUT2D eigenvalue weighted by molar-refractivity contribution is 9.10. The highest BCUT2D eigenvalue weighted by Gasteiger charge is 2.12. The molecule has 0 spiro atoms. The summed E-state index contributed by atoms with van der Waals surface area (Å²) in [5, 5.41) is 2.78. The van der Waals surface area contributed by atoms with E-state index in [-0.39, 0.29) is 23.4 Å². The van der Waals surface area contributed by atoms with E-state index in [1.54, 1.807) is 24.3 Å².